The van der Waals surface area contributed by atoms with E-state index in [1.165, 1.54) is 7.11 Å². The fraction of sp³-hybridized carbons (Fsp3) is 0.714. The predicted molar refractivity (Wildman–Crippen MR) is 136 cm³/mol. The second-order valence-electron chi connectivity index (χ2n) is 11.2. The zero-order chi connectivity index (χ0) is 27.8. The van der Waals surface area contributed by atoms with Gasteiger partial charge in [-0.3, -0.25) is 0 Å². The Hall–Kier alpha value is -2.24. The predicted octanol–water partition coefficient (Wildman–Crippen LogP) is 1.99. The second kappa shape index (κ2) is 11.5. The van der Waals surface area contributed by atoms with Crippen LogP contribution in [0.1, 0.15) is 57.4 Å². The number of aromatic nitrogens is 1. The molecule has 5 unspecified atom stereocenters. The number of hydrogen-bond acceptors (Lipinski definition) is 9. The molecule has 0 amide bonds. The van der Waals surface area contributed by atoms with Crippen molar-refractivity contribution in [2.75, 3.05) is 13.7 Å². The molecule has 1 saturated heterocycles. The third-order valence-electron chi connectivity index (χ3n) is 8.76. The van der Waals surface area contributed by atoms with Gasteiger partial charge in [-0.15, -0.1) is 0 Å². The van der Waals surface area contributed by atoms with Gasteiger partial charge in [0.2, 0.25) is 0 Å². The number of rotatable bonds is 4. The largest absolute Gasteiger partial charge is 0.457 e. The van der Waals surface area contributed by atoms with Crippen LogP contribution in [0.3, 0.4) is 0 Å². The molecule has 4 rings (SSSR count). The molecule has 1 aromatic rings. The summed E-state index contributed by atoms with van der Waals surface area (Å²) in [5, 5.41) is 33.0. The highest BCUT2D eigenvalue weighted by Crippen LogP contribution is 2.53. The molecule has 1 aliphatic carbocycles. The van der Waals surface area contributed by atoms with E-state index in [2.05, 4.69) is 4.98 Å². The maximum atomic E-state index is 13.1. The Morgan fingerprint density at radius 2 is 1.97 bits per heavy atom. The number of H-pyrrole nitrogens is 1. The average molecular weight is 536 g/mol. The van der Waals surface area contributed by atoms with Crippen LogP contribution in [0.15, 0.2) is 30.0 Å². The quantitative estimate of drug-likeness (QED) is 0.336. The number of esters is 2. The molecule has 1 saturated carbocycles. The van der Waals surface area contributed by atoms with E-state index in [4.69, 9.17) is 18.9 Å². The van der Waals surface area contributed by atoms with Crippen molar-refractivity contribution in [3.63, 3.8) is 0 Å². The minimum Gasteiger partial charge on any atom is -0.457 e. The minimum absolute atomic E-state index is 0.0231. The molecule has 2 fully saturated rings. The lowest BCUT2D eigenvalue weighted by molar-refractivity contribution is -0.184. The van der Waals surface area contributed by atoms with Gasteiger partial charge in [-0.2, -0.15) is 0 Å². The number of aliphatic hydroxyl groups is 3. The molecule has 0 radical (unpaired) electrons. The summed E-state index contributed by atoms with van der Waals surface area (Å²) in [6, 6.07) is 3.31. The van der Waals surface area contributed by atoms with Gasteiger partial charge in [0.1, 0.15) is 17.9 Å². The molecule has 0 bridgehead atoms. The smallest absolute Gasteiger partial charge is 0.355 e. The van der Waals surface area contributed by atoms with Gasteiger partial charge in [-0.1, -0.05) is 19.9 Å². The molecular formula is C28H41NO9. The van der Waals surface area contributed by atoms with Crippen LogP contribution in [0.25, 0.3) is 0 Å². The van der Waals surface area contributed by atoms with E-state index in [1.807, 2.05) is 26.8 Å². The van der Waals surface area contributed by atoms with Crippen molar-refractivity contribution in [2.45, 2.75) is 89.2 Å². The summed E-state index contributed by atoms with van der Waals surface area (Å²) in [4.78, 5) is 28.7. The van der Waals surface area contributed by atoms with Crippen LogP contribution in [-0.4, -0.2) is 88.2 Å². The molecular weight excluding hydrogens is 494 g/mol. The second-order valence-corrected chi connectivity index (χ2v) is 11.2. The van der Waals surface area contributed by atoms with Crippen LogP contribution in [0.5, 0.6) is 0 Å². The molecule has 2 aliphatic heterocycles. The maximum absolute atomic E-state index is 13.1. The highest BCUT2D eigenvalue weighted by molar-refractivity contribution is 5.87. The van der Waals surface area contributed by atoms with Crippen LogP contribution >= 0.6 is 0 Å². The number of carbonyl (C=O) groups is 2. The minimum atomic E-state index is -1.06. The summed E-state index contributed by atoms with van der Waals surface area (Å²) >= 11 is 0. The topological polar surface area (TPSA) is 148 Å². The molecule has 38 heavy (non-hydrogen) atoms. The summed E-state index contributed by atoms with van der Waals surface area (Å²) in [5.41, 5.74) is 0.0498. The number of nitrogens with one attached hydrogen (secondary N) is 1. The van der Waals surface area contributed by atoms with Crippen LogP contribution < -0.4 is 0 Å². The lowest BCUT2D eigenvalue weighted by atomic mass is 9.59. The normalized spacial score (nSPS) is 42.4. The number of aromatic amines is 1. The Morgan fingerprint density at radius 3 is 2.61 bits per heavy atom. The van der Waals surface area contributed by atoms with Gasteiger partial charge < -0.3 is 39.3 Å². The summed E-state index contributed by atoms with van der Waals surface area (Å²) in [6.07, 6.45) is -0.779. The highest BCUT2D eigenvalue weighted by atomic mass is 16.6. The Balaban J connectivity index is 1.78. The van der Waals surface area contributed by atoms with Gasteiger partial charge >= 0.3 is 11.9 Å². The molecule has 0 aromatic carbocycles. The number of hydrogen-bond donors (Lipinski definition) is 4. The van der Waals surface area contributed by atoms with Gasteiger partial charge in [-0.25, -0.2) is 9.59 Å². The number of aliphatic hydroxyl groups excluding tert-OH is 3. The third-order valence-corrected chi connectivity index (χ3v) is 8.76. The van der Waals surface area contributed by atoms with E-state index in [1.54, 1.807) is 25.3 Å². The first-order valence-corrected chi connectivity index (χ1v) is 13.4. The lowest BCUT2D eigenvalue weighted by Crippen LogP contribution is -2.59. The summed E-state index contributed by atoms with van der Waals surface area (Å²) < 4.78 is 23.8. The Kier molecular flexibility index (Phi) is 8.68. The zero-order valence-corrected chi connectivity index (χ0v) is 22.7. The Labute approximate surface area is 223 Å². The van der Waals surface area contributed by atoms with Gasteiger partial charge in [0.15, 0.2) is 6.10 Å². The molecule has 10 nitrogen and oxygen atoms in total. The van der Waals surface area contributed by atoms with E-state index in [0.717, 1.165) is 5.57 Å². The van der Waals surface area contributed by atoms with Crippen molar-refractivity contribution in [3.8, 4) is 0 Å². The summed E-state index contributed by atoms with van der Waals surface area (Å²) in [7, 11) is 1.42. The van der Waals surface area contributed by atoms with Crippen LogP contribution in [-0.2, 0) is 23.7 Å². The SMILES string of the molecule is CO[C@H]1CC2C[C@H](O)C[C@H]3C(O)[C@@H](C)[C@@H](OC(=O)c4ccc[nH]4)COC23/C(C)=C/C(C)[C@@H](C(C)O)OC1=O. The van der Waals surface area contributed by atoms with Gasteiger partial charge in [0.25, 0.3) is 0 Å². The Morgan fingerprint density at radius 1 is 1.24 bits per heavy atom. The van der Waals surface area contributed by atoms with Gasteiger partial charge in [-0.05, 0) is 56.7 Å². The average Bonchev–Trinajstić information content (AvgIpc) is 3.39. The number of methoxy groups -OCH3 is 1. The van der Waals surface area contributed by atoms with Crippen molar-refractivity contribution in [1.29, 1.82) is 0 Å². The van der Waals surface area contributed by atoms with Crippen molar-refractivity contribution >= 4 is 11.9 Å². The molecule has 1 spiro atoms. The first-order chi connectivity index (χ1) is 18.0. The molecule has 10 heteroatoms. The maximum Gasteiger partial charge on any atom is 0.355 e. The molecule has 1 aromatic heterocycles. The molecule has 4 N–H and O–H groups in total. The van der Waals surface area contributed by atoms with E-state index < -0.39 is 71.9 Å². The first kappa shape index (κ1) is 28.8. The fourth-order valence-corrected chi connectivity index (χ4v) is 6.77. The summed E-state index contributed by atoms with van der Waals surface area (Å²) in [6.45, 7) is 7.18. The monoisotopic (exact) mass is 535 g/mol. The summed E-state index contributed by atoms with van der Waals surface area (Å²) in [5.74, 6) is -2.94. The lowest BCUT2D eigenvalue weighted by Gasteiger charge is -2.53. The molecule has 11 atom stereocenters. The van der Waals surface area contributed by atoms with Crippen molar-refractivity contribution in [2.24, 2.45) is 23.7 Å². The van der Waals surface area contributed by atoms with Crippen molar-refractivity contribution in [3.05, 3.63) is 35.7 Å². The fourth-order valence-electron chi connectivity index (χ4n) is 6.77. The van der Waals surface area contributed by atoms with Crippen LogP contribution in [0, 0.1) is 23.7 Å². The standard InChI is InChI=1S/C28H41NO9/c1-14-9-15(2)28-18(11-22(35-5)27(34)38-25(14)17(4)30)10-19(31)12-20(28)24(32)16(3)23(13-36-28)37-26(33)21-7-6-8-29-21/h6-9,14,16-20,22-25,29-32H,10-13H2,1-5H3/b15-9+/t14?,16-,17?,18?,19-,20-,22-,23-,24?,25-,28?/m0/s1. The van der Waals surface area contributed by atoms with Crippen LogP contribution in [0.4, 0.5) is 0 Å². The number of carbonyl (C=O) groups excluding carboxylic acids is 2. The third kappa shape index (κ3) is 5.29. The van der Waals surface area contributed by atoms with E-state index in [-0.39, 0.29) is 25.4 Å². The first-order valence-electron chi connectivity index (χ1n) is 13.4. The number of ether oxygens (including phenoxy) is 4. The van der Waals surface area contributed by atoms with Crippen molar-refractivity contribution < 1.29 is 43.9 Å². The van der Waals surface area contributed by atoms with Gasteiger partial charge in [0, 0.05) is 31.1 Å². The highest BCUT2D eigenvalue weighted by Gasteiger charge is 2.59. The zero-order valence-electron chi connectivity index (χ0n) is 22.7. The Bertz CT molecular complexity index is 1010. The molecule has 3 aliphatic rings. The van der Waals surface area contributed by atoms with Gasteiger partial charge in [0.05, 0.1) is 30.5 Å². The van der Waals surface area contributed by atoms with Crippen molar-refractivity contribution in [1.82, 2.24) is 4.98 Å². The molecule has 212 valence electrons. The van der Waals surface area contributed by atoms with E-state index in [0.29, 0.717) is 12.1 Å². The van der Waals surface area contributed by atoms with Crippen LogP contribution in [0.2, 0.25) is 0 Å². The molecule has 3 heterocycles. The van der Waals surface area contributed by atoms with E-state index in [9.17, 15) is 24.9 Å². The van der Waals surface area contributed by atoms with E-state index >= 15 is 0 Å². The number of cyclic esters (lactones) is 1.